The molecule has 0 atom stereocenters. The highest BCUT2D eigenvalue weighted by Gasteiger charge is 2.40. The normalized spacial score (nSPS) is 14.3. The average Bonchev–Trinajstić information content (AvgIpc) is 2.68. The minimum atomic E-state index is -3.48. The van der Waals surface area contributed by atoms with E-state index in [0.717, 1.165) is 0 Å². The Morgan fingerprint density at radius 2 is 1.45 bits per heavy atom. The van der Waals surface area contributed by atoms with Crippen molar-refractivity contribution >= 4 is 27.3 Å². The molecule has 3 aromatic carbocycles. The van der Waals surface area contributed by atoms with Crippen LogP contribution in [-0.2, 0) is 9.84 Å². The molecule has 29 heavy (non-hydrogen) atoms. The van der Waals surface area contributed by atoms with E-state index in [2.05, 4.69) is 0 Å². The molecule has 1 saturated heterocycles. The van der Waals surface area contributed by atoms with Gasteiger partial charge in [-0.25, -0.2) is 8.42 Å². The third-order valence-corrected chi connectivity index (χ3v) is 7.15. The Morgan fingerprint density at radius 1 is 0.862 bits per heavy atom. The Labute approximate surface area is 174 Å². The van der Waals surface area contributed by atoms with E-state index in [1.807, 2.05) is 30.3 Å². The molecule has 5 nitrogen and oxygen atoms in total. The molecule has 0 N–H and O–H groups in total. The summed E-state index contributed by atoms with van der Waals surface area (Å²) in [6.45, 7) is 0.345. The van der Waals surface area contributed by atoms with Crippen molar-refractivity contribution in [2.45, 2.75) is 10.1 Å². The van der Waals surface area contributed by atoms with Gasteiger partial charge < -0.3 is 9.64 Å². The summed E-state index contributed by atoms with van der Waals surface area (Å²) in [7, 11) is -3.48. The van der Waals surface area contributed by atoms with Gasteiger partial charge in [-0.05, 0) is 60.7 Å². The fourth-order valence-corrected chi connectivity index (χ4v) is 4.87. The molecule has 0 radical (unpaired) electrons. The molecule has 0 spiro atoms. The molecule has 1 amide bonds. The second kappa shape index (κ2) is 7.89. The lowest BCUT2D eigenvalue weighted by Crippen LogP contribution is -2.56. The topological polar surface area (TPSA) is 63.7 Å². The lowest BCUT2D eigenvalue weighted by molar-refractivity contribution is 0.0659. The van der Waals surface area contributed by atoms with Crippen molar-refractivity contribution in [3.05, 3.63) is 89.4 Å². The van der Waals surface area contributed by atoms with Crippen molar-refractivity contribution in [3.63, 3.8) is 0 Å². The van der Waals surface area contributed by atoms with Gasteiger partial charge in [-0.1, -0.05) is 29.8 Å². The molecule has 4 rings (SSSR count). The molecule has 3 aromatic rings. The maximum atomic E-state index is 12.7. The molecular weight excluding hydrogens is 410 g/mol. The maximum absolute atomic E-state index is 12.7. The molecule has 0 unspecified atom stereocenters. The van der Waals surface area contributed by atoms with Gasteiger partial charge in [0.2, 0.25) is 0 Å². The van der Waals surface area contributed by atoms with Crippen molar-refractivity contribution in [1.29, 1.82) is 0 Å². The number of benzene rings is 3. The van der Waals surface area contributed by atoms with Gasteiger partial charge in [-0.3, -0.25) is 4.79 Å². The van der Waals surface area contributed by atoms with Crippen molar-refractivity contribution < 1.29 is 17.9 Å². The van der Waals surface area contributed by atoms with Gasteiger partial charge >= 0.3 is 0 Å². The van der Waals surface area contributed by atoms with Gasteiger partial charge in [0.1, 0.15) is 16.7 Å². The first-order chi connectivity index (χ1) is 13.9. The largest absolute Gasteiger partial charge is 0.457 e. The van der Waals surface area contributed by atoms with Crippen LogP contribution >= 0.6 is 11.6 Å². The molecule has 0 bridgehead atoms. The highest BCUT2D eigenvalue weighted by molar-refractivity contribution is 7.92. The highest BCUT2D eigenvalue weighted by atomic mass is 35.5. The van der Waals surface area contributed by atoms with Crippen LogP contribution in [0.2, 0.25) is 5.02 Å². The number of likely N-dealkylation sites (tertiary alicyclic amines) is 1. The molecule has 1 aliphatic heterocycles. The number of carbonyl (C=O) groups is 1. The minimum absolute atomic E-state index is 0.173. The number of hydrogen-bond acceptors (Lipinski definition) is 4. The van der Waals surface area contributed by atoms with Crippen LogP contribution in [0.25, 0.3) is 0 Å². The van der Waals surface area contributed by atoms with E-state index < -0.39 is 15.1 Å². The molecule has 0 saturated carbocycles. The number of hydrogen-bond donors (Lipinski definition) is 0. The van der Waals surface area contributed by atoms with E-state index in [4.69, 9.17) is 16.3 Å². The van der Waals surface area contributed by atoms with Gasteiger partial charge in [0, 0.05) is 23.7 Å². The Hall–Kier alpha value is -2.83. The van der Waals surface area contributed by atoms with Crippen LogP contribution < -0.4 is 4.74 Å². The fourth-order valence-electron chi connectivity index (χ4n) is 3.09. The van der Waals surface area contributed by atoms with Gasteiger partial charge in [0.05, 0.1) is 4.90 Å². The Kier molecular flexibility index (Phi) is 5.30. The lowest BCUT2D eigenvalue weighted by atomic mass is 10.1. The van der Waals surface area contributed by atoms with E-state index in [1.54, 1.807) is 36.4 Å². The van der Waals surface area contributed by atoms with E-state index in [0.29, 0.717) is 22.1 Å². The Morgan fingerprint density at radius 3 is 2.07 bits per heavy atom. The zero-order chi connectivity index (χ0) is 20.4. The van der Waals surface area contributed by atoms with E-state index in [9.17, 15) is 13.2 Å². The van der Waals surface area contributed by atoms with Crippen molar-refractivity contribution in [3.8, 4) is 11.5 Å². The Bertz CT molecular complexity index is 1110. The number of sulfone groups is 1. The van der Waals surface area contributed by atoms with Crippen molar-refractivity contribution in [2.75, 3.05) is 13.1 Å². The SMILES string of the molecule is O=C(c1ccc(Oc2ccccc2)cc1)N1CC(S(=O)(=O)c2ccc(Cl)cc2)C1. The number of para-hydroxylation sites is 1. The lowest BCUT2D eigenvalue weighted by Gasteiger charge is -2.38. The number of halogens is 1. The summed E-state index contributed by atoms with van der Waals surface area (Å²) in [5.74, 6) is 1.14. The molecule has 1 aliphatic rings. The minimum Gasteiger partial charge on any atom is -0.457 e. The molecule has 0 aromatic heterocycles. The van der Waals surface area contributed by atoms with Crippen LogP contribution in [0.3, 0.4) is 0 Å². The van der Waals surface area contributed by atoms with Gasteiger partial charge in [0.15, 0.2) is 9.84 Å². The van der Waals surface area contributed by atoms with E-state index >= 15 is 0 Å². The molecule has 1 fully saturated rings. The number of carbonyl (C=O) groups excluding carboxylic acids is 1. The molecular formula is C22H18ClNO4S. The second-order valence-electron chi connectivity index (χ2n) is 6.77. The summed E-state index contributed by atoms with van der Waals surface area (Å²) in [6.07, 6.45) is 0. The summed E-state index contributed by atoms with van der Waals surface area (Å²) in [4.78, 5) is 14.4. The van der Waals surface area contributed by atoms with Crippen molar-refractivity contribution in [2.24, 2.45) is 0 Å². The number of nitrogens with zero attached hydrogens (tertiary/aromatic N) is 1. The first-order valence-corrected chi connectivity index (χ1v) is 11.0. The van der Waals surface area contributed by atoms with E-state index in [-0.39, 0.29) is 23.9 Å². The standard InChI is InChI=1S/C22H18ClNO4S/c23-17-8-12-20(13-9-17)29(26,27)21-14-24(15-21)22(25)16-6-10-19(11-7-16)28-18-4-2-1-3-5-18/h1-13,21H,14-15H2. The predicted octanol–water partition coefficient (Wildman–Crippen LogP) is 4.43. The Balaban J connectivity index is 1.38. The number of ether oxygens (including phenoxy) is 1. The summed E-state index contributed by atoms with van der Waals surface area (Å²) < 4.78 is 31.0. The van der Waals surface area contributed by atoms with Crippen LogP contribution in [-0.4, -0.2) is 37.6 Å². The predicted molar refractivity (Wildman–Crippen MR) is 111 cm³/mol. The van der Waals surface area contributed by atoms with Crippen LogP contribution in [0.15, 0.2) is 83.8 Å². The van der Waals surface area contributed by atoms with Crippen LogP contribution in [0, 0.1) is 0 Å². The van der Waals surface area contributed by atoms with Gasteiger partial charge in [-0.2, -0.15) is 0 Å². The van der Waals surface area contributed by atoms with Crippen molar-refractivity contribution in [1.82, 2.24) is 4.90 Å². The average molecular weight is 428 g/mol. The maximum Gasteiger partial charge on any atom is 0.253 e. The third-order valence-electron chi connectivity index (χ3n) is 4.80. The second-order valence-corrected chi connectivity index (χ2v) is 9.44. The summed E-state index contributed by atoms with van der Waals surface area (Å²) in [5, 5.41) is -0.123. The highest BCUT2D eigenvalue weighted by Crippen LogP contribution is 2.27. The summed E-state index contributed by atoms with van der Waals surface area (Å²) in [5.41, 5.74) is 0.493. The van der Waals surface area contributed by atoms with Crippen LogP contribution in [0.5, 0.6) is 11.5 Å². The summed E-state index contributed by atoms with van der Waals surface area (Å²) in [6, 6.07) is 22.3. The van der Waals surface area contributed by atoms with Crippen LogP contribution in [0.1, 0.15) is 10.4 Å². The monoisotopic (exact) mass is 427 g/mol. The third kappa shape index (κ3) is 4.13. The first kappa shape index (κ1) is 19.5. The molecule has 1 heterocycles. The van der Waals surface area contributed by atoms with E-state index in [1.165, 1.54) is 17.0 Å². The zero-order valence-corrected chi connectivity index (χ0v) is 16.9. The summed E-state index contributed by atoms with van der Waals surface area (Å²) >= 11 is 5.82. The zero-order valence-electron chi connectivity index (χ0n) is 15.4. The van der Waals surface area contributed by atoms with Gasteiger partial charge in [-0.15, -0.1) is 0 Å². The van der Waals surface area contributed by atoms with Gasteiger partial charge in [0.25, 0.3) is 5.91 Å². The number of amides is 1. The van der Waals surface area contributed by atoms with Crippen LogP contribution in [0.4, 0.5) is 0 Å². The smallest absolute Gasteiger partial charge is 0.253 e. The molecule has 148 valence electrons. The number of rotatable bonds is 5. The fraction of sp³-hybridized carbons (Fsp3) is 0.136. The molecule has 0 aliphatic carbocycles. The first-order valence-electron chi connectivity index (χ1n) is 9.05. The quantitative estimate of drug-likeness (QED) is 0.604. The molecule has 7 heteroatoms.